The Labute approximate surface area is 291 Å². The molecule has 12 heteroatoms. The lowest BCUT2D eigenvalue weighted by molar-refractivity contribution is -0.137. The van der Waals surface area contributed by atoms with Crippen molar-refractivity contribution in [1.82, 2.24) is 19.4 Å². The van der Waals surface area contributed by atoms with Gasteiger partial charge in [0.15, 0.2) is 0 Å². The SMILES string of the molecule is CCCC(c1ccc(-n2cc3cc(-c4cc(CCCC(N)C5CC5)cc(C(F)(F)F)c4)[nH]c3nc2=O)cc1)N(CCCF)CCCN=C(C)N. The molecule has 8 nitrogen and oxygen atoms in total. The molecule has 0 saturated heterocycles. The zero-order chi connectivity index (χ0) is 35.8. The molecule has 5 rings (SSSR count). The number of nitrogens with one attached hydrogen (secondary N) is 1. The van der Waals surface area contributed by atoms with Gasteiger partial charge in [0, 0.05) is 49.0 Å². The van der Waals surface area contributed by atoms with Crippen LogP contribution in [0.4, 0.5) is 17.6 Å². The van der Waals surface area contributed by atoms with E-state index in [0.29, 0.717) is 77.6 Å². The number of nitrogens with two attached hydrogens (primary N) is 2. The van der Waals surface area contributed by atoms with Crippen LogP contribution in [0.1, 0.15) is 87.9 Å². The standard InChI is InChI=1S/C38H49F4N7O/c1-3-7-35(48(18-5-16-39)19-6-17-45-25(2)43)28-12-14-32(15-13-28)49-24-30-23-34(46-36(30)47-37(49)50)29-20-26(21-31(22-29)38(40,41)42)8-4-9-33(44)27-10-11-27/h12-15,20-24,27,33,35H,3-11,16-19,44H2,1-2H3,(H2,43,45)(H,46,47,50). The van der Waals surface area contributed by atoms with Crippen LogP contribution in [-0.2, 0) is 12.6 Å². The lowest BCUT2D eigenvalue weighted by Gasteiger charge is -2.32. The van der Waals surface area contributed by atoms with Gasteiger partial charge in [-0.3, -0.25) is 18.8 Å². The summed E-state index contributed by atoms with van der Waals surface area (Å²) in [4.78, 5) is 27.1. The molecule has 50 heavy (non-hydrogen) atoms. The van der Waals surface area contributed by atoms with Crippen molar-refractivity contribution < 1.29 is 17.6 Å². The molecule has 1 aliphatic carbocycles. The Hall–Kier alpha value is -4.03. The van der Waals surface area contributed by atoms with Gasteiger partial charge in [-0.05, 0) is 117 Å². The molecule has 5 N–H and O–H groups in total. The Kier molecular flexibility index (Phi) is 12.5. The van der Waals surface area contributed by atoms with E-state index in [1.165, 1.54) is 10.6 Å². The number of aliphatic imine (C=N–C) groups is 1. The number of hydrogen-bond donors (Lipinski definition) is 3. The summed E-state index contributed by atoms with van der Waals surface area (Å²) in [6.45, 7) is 5.46. The van der Waals surface area contributed by atoms with Crippen molar-refractivity contribution >= 4 is 16.9 Å². The second-order valence-corrected chi connectivity index (χ2v) is 13.5. The van der Waals surface area contributed by atoms with Crippen molar-refractivity contribution in [3.8, 4) is 16.9 Å². The van der Waals surface area contributed by atoms with Gasteiger partial charge in [-0.15, -0.1) is 0 Å². The maximum Gasteiger partial charge on any atom is 0.416 e. The van der Waals surface area contributed by atoms with Gasteiger partial charge in [0.05, 0.1) is 23.8 Å². The van der Waals surface area contributed by atoms with Crippen molar-refractivity contribution in [2.24, 2.45) is 22.4 Å². The van der Waals surface area contributed by atoms with Crippen molar-refractivity contribution in [3.63, 3.8) is 0 Å². The van der Waals surface area contributed by atoms with Crippen LogP contribution in [-0.4, -0.2) is 57.6 Å². The quantitative estimate of drug-likeness (QED) is 0.0426. The van der Waals surface area contributed by atoms with Crippen molar-refractivity contribution in [2.75, 3.05) is 26.3 Å². The number of aryl methyl sites for hydroxylation is 1. The minimum Gasteiger partial charge on any atom is -0.388 e. The molecule has 2 heterocycles. The van der Waals surface area contributed by atoms with Gasteiger partial charge in [-0.1, -0.05) is 25.5 Å². The van der Waals surface area contributed by atoms with Crippen molar-refractivity contribution in [3.05, 3.63) is 81.9 Å². The number of aromatic amines is 1. The summed E-state index contributed by atoms with van der Waals surface area (Å²) in [5.74, 6) is 1.08. The zero-order valence-corrected chi connectivity index (χ0v) is 29.0. The van der Waals surface area contributed by atoms with E-state index in [1.807, 2.05) is 24.3 Å². The van der Waals surface area contributed by atoms with Crippen molar-refractivity contribution in [2.45, 2.75) is 89.9 Å². The Morgan fingerprint density at radius 1 is 1.08 bits per heavy atom. The summed E-state index contributed by atoms with van der Waals surface area (Å²) in [6, 6.07) is 13.7. The normalized spacial score (nSPS) is 15.2. The lowest BCUT2D eigenvalue weighted by atomic mass is 9.98. The Morgan fingerprint density at radius 2 is 1.82 bits per heavy atom. The van der Waals surface area contributed by atoms with Gasteiger partial charge < -0.3 is 16.5 Å². The van der Waals surface area contributed by atoms with Crippen LogP contribution in [0.15, 0.2) is 64.5 Å². The second kappa shape index (κ2) is 16.8. The highest BCUT2D eigenvalue weighted by atomic mass is 19.4. The highest BCUT2D eigenvalue weighted by Crippen LogP contribution is 2.36. The second-order valence-electron chi connectivity index (χ2n) is 13.5. The highest BCUT2D eigenvalue weighted by Gasteiger charge is 2.32. The molecule has 270 valence electrons. The third-order valence-corrected chi connectivity index (χ3v) is 9.47. The summed E-state index contributed by atoms with van der Waals surface area (Å²) < 4.78 is 56.4. The third kappa shape index (κ3) is 9.81. The molecule has 2 unspecified atom stereocenters. The Bertz CT molecular complexity index is 1790. The number of rotatable bonds is 18. The number of alkyl halides is 4. The molecule has 2 aromatic heterocycles. The van der Waals surface area contributed by atoms with Crippen LogP contribution in [0.3, 0.4) is 0 Å². The topological polar surface area (TPSA) is 118 Å². The molecule has 0 aliphatic heterocycles. The van der Waals surface area contributed by atoms with Crippen LogP contribution in [0.5, 0.6) is 0 Å². The van der Waals surface area contributed by atoms with Gasteiger partial charge in [-0.2, -0.15) is 18.2 Å². The Balaban J connectivity index is 1.38. The summed E-state index contributed by atoms with van der Waals surface area (Å²) in [6.07, 6.45) is 4.46. The molecule has 0 radical (unpaired) electrons. The zero-order valence-electron chi connectivity index (χ0n) is 29.0. The number of nitrogens with zero attached hydrogens (tertiary/aromatic N) is 4. The maximum atomic E-state index is 13.9. The van der Waals surface area contributed by atoms with E-state index < -0.39 is 24.1 Å². The van der Waals surface area contributed by atoms with Gasteiger partial charge in [-0.25, -0.2) is 4.79 Å². The number of H-pyrrole nitrogens is 1. The van der Waals surface area contributed by atoms with Gasteiger partial charge in [0.2, 0.25) is 0 Å². The first-order valence-corrected chi connectivity index (χ1v) is 17.7. The largest absolute Gasteiger partial charge is 0.416 e. The summed E-state index contributed by atoms with van der Waals surface area (Å²) >= 11 is 0. The number of amidine groups is 1. The molecular formula is C38H49F4N7O. The average molecular weight is 696 g/mol. The van der Waals surface area contributed by atoms with E-state index in [9.17, 15) is 22.4 Å². The Morgan fingerprint density at radius 3 is 2.48 bits per heavy atom. The minimum atomic E-state index is -4.50. The average Bonchev–Trinajstić information content (AvgIpc) is 3.86. The van der Waals surface area contributed by atoms with E-state index >= 15 is 0 Å². The molecule has 1 saturated carbocycles. The molecule has 0 spiro atoms. The maximum absolute atomic E-state index is 13.9. The number of aromatic nitrogens is 3. The fourth-order valence-corrected chi connectivity index (χ4v) is 6.70. The first-order valence-electron chi connectivity index (χ1n) is 17.7. The van der Waals surface area contributed by atoms with Gasteiger partial charge in [0.1, 0.15) is 5.65 Å². The van der Waals surface area contributed by atoms with E-state index in [2.05, 4.69) is 26.8 Å². The van der Waals surface area contributed by atoms with Crippen LogP contribution in [0.25, 0.3) is 28.0 Å². The van der Waals surface area contributed by atoms with E-state index in [1.54, 1.807) is 25.3 Å². The summed E-state index contributed by atoms with van der Waals surface area (Å²) in [5.41, 5.74) is 14.1. The van der Waals surface area contributed by atoms with Crippen LogP contribution in [0, 0.1) is 5.92 Å². The van der Waals surface area contributed by atoms with Crippen LogP contribution in [0.2, 0.25) is 0 Å². The fraction of sp³-hybridized carbons (Fsp3) is 0.500. The molecule has 0 bridgehead atoms. The highest BCUT2D eigenvalue weighted by molar-refractivity contribution is 5.83. The molecule has 2 atom stereocenters. The van der Waals surface area contributed by atoms with Crippen LogP contribution >= 0.6 is 0 Å². The predicted octanol–water partition coefficient (Wildman–Crippen LogP) is 7.73. The molecule has 4 aromatic rings. The smallest absolute Gasteiger partial charge is 0.388 e. The van der Waals surface area contributed by atoms with Crippen molar-refractivity contribution in [1.29, 1.82) is 0 Å². The predicted molar refractivity (Wildman–Crippen MR) is 192 cm³/mol. The number of halogens is 4. The van der Waals surface area contributed by atoms with E-state index in [-0.39, 0.29) is 12.1 Å². The minimum absolute atomic E-state index is 0.0698. The first-order chi connectivity index (χ1) is 24.0. The molecule has 1 aliphatic rings. The lowest BCUT2D eigenvalue weighted by Crippen LogP contribution is -2.32. The van der Waals surface area contributed by atoms with Gasteiger partial charge >= 0.3 is 11.9 Å². The van der Waals surface area contributed by atoms with Gasteiger partial charge in [0.25, 0.3) is 0 Å². The van der Waals surface area contributed by atoms with Crippen LogP contribution < -0.4 is 17.2 Å². The van der Waals surface area contributed by atoms with E-state index in [4.69, 9.17) is 11.5 Å². The summed E-state index contributed by atoms with van der Waals surface area (Å²) in [7, 11) is 0. The molecule has 2 aromatic carbocycles. The molecular weight excluding hydrogens is 646 g/mol. The molecule has 0 amide bonds. The number of hydrogen-bond acceptors (Lipinski definition) is 5. The monoisotopic (exact) mass is 695 g/mol. The summed E-state index contributed by atoms with van der Waals surface area (Å²) in [5, 5.41) is 0.592. The fourth-order valence-electron chi connectivity index (χ4n) is 6.70. The first kappa shape index (κ1) is 37.2. The number of fused-ring (bicyclic) bond motifs is 1. The van der Waals surface area contributed by atoms with E-state index in [0.717, 1.165) is 56.7 Å². The number of benzene rings is 2. The third-order valence-electron chi connectivity index (χ3n) is 9.47. The molecule has 1 fully saturated rings.